The van der Waals surface area contributed by atoms with E-state index in [2.05, 4.69) is 4.98 Å². The molecule has 3 heteroatoms. The lowest BCUT2D eigenvalue weighted by atomic mass is 10.0. The van der Waals surface area contributed by atoms with Crippen LogP contribution in [0, 0.1) is 6.92 Å². The Balaban J connectivity index is 2.14. The molecule has 1 aromatic carbocycles. The fourth-order valence-electron chi connectivity index (χ4n) is 2.38. The maximum atomic E-state index is 12.6. The van der Waals surface area contributed by atoms with Gasteiger partial charge in [0.15, 0.2) is 5.78 Å². The number of nitrogens with one attached hydrogen (secondary N) is 1. The molecule has 3 nitrogen and oxygen atoms in total. The standard InChI is InChI=1S/C16H15NO2/c1-3-15-11(6-7-19-15)16(18)13-9-17-14-5-4-10(2)8-12(13)14/h4-9,17H,3H2,1-2H3. The predicted molar refractivity (Wildman–Crippen MR) is 74.6 cm³/mol. The van der Waals surface area contributed by atoms with Crippen molar-refractivity contribution in [2.45, 2.75) is 20.3 Å². The third kappa shape index (κ3) is 1.87. The zero-order chi connectivity index (χ0) is 13.4. The summed E-state index contributed by atoms with van der Waals surface area (Å²) >= 11 is 0. The minimum atomic E-state index is 0.0162. The molecule has 3 aromatic rings. The van der Waals surface area contributed by atoms with Crippen molar-refractivity contribution in [2.75, 3.05) is 0 Å². The van der Waals surface area contributed by atoms with E-state index >= 15 is 0 Å². The first kappa shape index (κ1) is 11.8. The van der Waals surface area contributed by atoms with E-state index in [0.717, 1.165) is 28.6 Å². The van der Waals surface area contributed by atoms with Crippen molar-refractivity contribution >= 4 is 16.7 Å². The number of aryl methyl sites for hydroxylation is 2. The second kappa shape index (κ2) is 4.43. The van der Waals surface area contributed by atoms with E-state index in [1.807, 2.05) is 32.0 Å². The highest BCUT2D eigenvalue weighted by Gasteiger charge is 2.18. The van der Waals surface area contributed by atoms with Crippen molar-refractivity contribution in [3.8, 4) is 0 Å². The highest BCUT2D eigenvalue weighted by atomic mass is 16.3. The van der Waals surface area contributed by atoms with Crippen LogP contribution in [0.5, 0.6) is 0 Å². The number of rotatable bonds is 3. The average Bonchev–Trinajstić information content (AvgIpc) is 3.03. The largest absolute Gasteiger partial charge is 0.469 e. The number of H-pyrrole nitrogens is 1. The van der Waals surface area contributed by atoms with Gasteiger partial charge in [-0.25, -0.2) is 0 Å². The summed E-state index contributed by atoms with van der Waals surface area (Å²) in [7, 11) is 0. The molecule has 0 radical (unpaired) electrons. The Morgan fingerprint density at radius 1 is 1.26 bits per heavy atom. The molecule has 2 heterocycles. The van der Waals surface area contributed by atoms with Gasteiger partial charge in [0.2, 0.25) is 0 Å². The number of aromatic nitrogens is 1. The molecule has 0 aliphatic carbocycles. The van der Waals surface area contributed by atoms with Gasteiger partial charge in [0.05, 0.1) is 11.8 Å². The first-order chi connectivity index (χ1) is 9.20. The topological polar surface area (TPSA) is 46.0 Å². The van der Waals surface area contributed by atoms with Gasteiger partial charge >= 0.3 is 0 Å². The summed E-state index contributed by atoms with van der Waals surface area (Å²) in [5, 5.41) is 0.966. The zero-order valence-electron chi connectivity index (χ0n) is 11.0. The Labute approximate surface area is 111 Å². The average molecular weight is 253 g/mol. The molecule has 0 aliphatic heterocycles. The van der Waals surface area contributed by atoms with E-state index in [1.54, 1.807) is 18.5 Å². The van der Waals surface area contributed by atoms with Crippen LogP contribution in [0.2, 0.25) is 0 Å². The Morgan fingerprint density at radius 2 is 2.11 bits per heavy atom. The number of furan rings is 1. The van der Waals surface area contributed by atoms with E-state index in [4.69, 9.17) is 4.42 Å². The van der Waals surface area contributed by atoms with Crippen LogP contribution in [0.3, 0.4) is 0 Å². The number of hydrogen-bond donors (Lipinski definition) is 1. The zero-order valence-corrected chi connectivity index (χ0v) is 11.0. The van der Waals surface area contributed by atoms with Gasteiger partial charge < -0.3 is 9.40 Å². The van der Waals surface area contributed by atoms with Gasteiger partial charge in [-0.2, -0.15) is 0 Å². The molecule has 2 aromatic heterocycles. The molecule has 0 amide bonds. The maximum Gasteiger partial charge on any atom is 0.198 e. The summed E-state index contributed by atoms with van der Waals surface area (Å²) in [5.74, 6) is 0.759. The van der Waals surface area contributed by atoms with Crippen LogP contribution in [-0.4, -0.2) is 10.8 Å². The maximum absolute atomic E-state index is 12.6. The lowest BCUT2D eigenvalue weighted by Crippen LogP contribution is -2.01. The molecule has 0 bridgehead atoms. The molecule has 0 spiro atoms. The van der Waals surface area contributed by atoms with Crippen molar-refractivity contribution in [3.63, 3.8) is 0 Å². The van der Waals surface area contributed by atoms with Crippen molar-refractivity contribution < 1.29 is 9.21 Å². The quantitative estimate of drug-likeness (QED) is 0.720. The number of benzene rings is 1. The number of carbonyl (C=O) groups excluding carboxylic acids is 1. The normalized spacial score (nSPS) is 11.1. The van der Waals surface area contributed by atoms with Crippen molar-refractivity contribution in [3.05, 3.63) is 59.2 Å². The van der Waals surface area contributed by atoms with E-state index < -0.39 is 0 Å². The molecular formula is C16H15NO2. The van der Waals surface area contributed by atoms with Gasteiger partial charge in [-0.15, -0.1) is 0 Å². The number of hydrogen-bond acceptors (Lipinski definition) is 2. The molecule has 0 fully saturated rings. The molecule has 19 heavy (non-hydrogen) atoms. The number of fused-ring (bicyclic) bond motifs is 1. The highest BCUT2D eigenvalue weighted by molar-refractivity contribution is 6.16. The van der Waals surface area contributed by atoms with E-state index in [-0.39, 0.29) is 5.78 Å². The second-order valence-electron chi connectivity index (χ2n) is 4.69. The minimum Gasteiger partial charge on any atom is -0.469 e. The first-order valence-electron chi connectivity index (χ1n) is 6.39. The summed E-state index contributed by atoms with van der Waals surface area (Å²) in [6.07, 6.45) is 4.07. The Bertz CT molecular complexity index is 749. The fraction of sp³-hybridized carbons (Fsp3) is 0.188. The molecule has 3 rings (SSSR count). The Kier molecular flexibility index (Phi) is 2.75. The minimum absolute atomic E-state index is 0.0162. The van der Waals surface area contributed by atoms with E-state index in [0.29, 0.717) is 11.1 Å². The third-order valence-corrected chi connectivity index (χ3v) is 3.39. The lowest BCUT2D eigenvalue weighted by molar-refractivity contribution is 0.103. The molecular weight excluding hydrogens is 238 g/mol. The van der Waals surface area contributed by atoms with Crippen LogP contribution in [0.1, 0.15) is 34.2 Å². The number of carbonyl (C=O) groups is 1. The Morgan fingerprint density at radius 3 is 2.89 bits per heavy atom. The van der Waals surface area contributed by atoms with Gasteiger partial charge in [-0.1, -0.05) is 18.6 Å². The van der Waals surface area contributed by atoms with Gasteiger partial charge in [0.25, 0.3) is 0 Å². The smallest absolute Gasteiger partial charge is 0.198 e. The lowest BCUT2D eigenvalue weighted by Gasteiger charge is -2.00. The summed E-state index contributed by atoms with van der Waals surface area (Å²) in [6, 6.07) is 7.81. The Hall–Kier alpha value is -2.29. The van der Waals surface area contributed by atoms with Crippen LogP contribution >= 0.6 is 0 Å². The first-order valence-corrected chi connectivity index (χ1v) is 6.39. The summed E-state index contributed by atoms with van der Waals surface area (Å²) in [5.41, 5.74) is 3.49. The second-order valence-corrected chi connectivity index (χ2v) is 4.69. The van der Waals surface area contributed by atoms with Crippen LogP contribution in [0.25, 0.3) is 10.9 Å². The summed E-state index contributed by atoms with van der Waals surface area (Å²) < 4.78 is 5.34. The summed E-state index contributed by atoms with van der Waals surface area (Å²) in [6.45, 7) is 4.00. The van der Waals surface area contributed by atoms with Crippen molar-refractivity contribution in [1.29, 1.82) is 0 Å². The van der Waals surface area contributed by atoms with Crippen LogP contribution in [-0.2, 0) is 6.42 Å². The van der Waals surface area contributed by atoms with Crippen LogP contribution in [0.4, 0.5) is 0 Å². The highest BCUT2D eigenvalue weighted by Crippen LogP contribution is 2.24. The molecule has 0 unspecified atom stereocenters. The van der Waals surface area contributed by atoms with Crippen LogP contribution < -0.4 is 0 Å². The van der Waals surface area contributed by atoms with Gasteiger partial charge in [-0.3, -0.25) is 4.79 Å². The third-order valence-electron chi connectivity index (χ3n) is 3.39. The van der Waals surface area contributed by atoms with Gasteiger partial charge in [-0.05, 0) is 25.1 Å². The number of ketones is 1. The van der Waals surface area contributed by atoms with E-state index in [9.17, 15) is 4.79 Å². The molecule has 0 atom stereocenters. The molecule has 0 saturated heterocycles. The predicted octanol–water partition coefficient (Wildman–Crippen LogP) is 3.86. The summed E-state index contributed by atoms with van der Waals surface area (Å²) in [4.78, 5) is 15.7. The van der Waals surface area contributed by atoms with Gasteiger partial charge in [0, 0.05) is 29.1 Å². The molecule has 96 valence electrons. The van der Waals surface area contributed by atoms with Gasteiger partial charge in [0.1, 0.15) is 5.76 Å². The van der Waals surface area contributed by atoms with E-state index in [1.165, 1.54) is 0 Å². The van der Waals surface area contributed by atoms with Crippen molar-refractivity contribution in [2.24, 2.45) is 0 Å². The molecule has 1 N–H and O–H groups in total. The van der Waals surface area contributed by atoms with Crippen molar-refractivity contribution in [1.82, 2.24) is 4.98 Å². The van der Waals surface area contributed by atoms with Crippen LogP contribution in [0.15, 0.2) is 41.1 Å². The fourth-order valence-corrected chi connectivity index (χ4v) is 2.38. The monoisotopic (exact) mass is 253 g/mol. The molecule has 0 aliphatic rings. The number of aromatic amines is 1. The SMILES string of the molecule is CCc1occc1C(=O)c1c[nH]c2ccc(C)cc12. The molecule has 0 saturated carbocycles.